The maximum Gasteiger partial charge on any atom is 0.261 e. The predicted molar refractivity (Wildman–Crippen MR) is 85.0 cm³/mol. The normalized spacial score (nSPS) is 11.3. The van der Waals surface area contributed by atoms with Crippen molar-refractivity contribution in [3.05, 3.63) is 29.3 Å². The first-order chi connectivity index (χ1) is 9.19. The van der Waals surface area contributed by atoms with Crippen molar-refractivity contribution >= 4 is 29.9 Å². The molecule has 1 amide bonds. The van der Waals surface area contributed by atoms with E-state index in [4.69, 9.17) is 16.3 Å². The summed E-state index contributed by atoms with van der Waals surface area (Å²) in [6.07, 6.45) is 0.989. The molecule has 0 bridgehead atoms. The Morgan fingerprint density at radius 2 is 2.05 bits per heavy atom. The monoisotopic (exact) mass is 320 g/mol. The third kappa shape index (κ3) is 6.46. The van der Waals surface area contributed by atoms with E-state index in [1.54, 1.807) is 12.1 Å². The van der Waals surface area contributed by atoms with Crippen LogP contribution < -0.4 is 15.4 Å². The Morgan fingerprint density at radius 1 is 1.35 bits per heavy atom. The molecule has 1 rings (SSSR count). The lowest BCUT2D eigenvalue weighted by molar-refractivity contribution is -0.128. The van der Waals surface area contributed by atoms with E-state index in [0.29, 0.717) is 23.7 Å². The molecule has 0 heterocycles. The Labute approximate surface area is 131 Å². The van der Waals surface area contributed by atoms with Crippen molar-refractivity contribution in [2.24, 2.45) is 0 Å². The summed E-state index contributed by atoms with van der Waals surface area (Å²) in [5.41, 5.74) is 0. The number of halogens is 2. The van der Waals surface area contributed by atoms with Gasteiger partial charge in [-0.15, -0.1) is 12.4 Å². The summed E-state index contributed by atoms with van der Waals surface area (Å²) in [5, 5.41) is 6.41. The van der Waals surface area contributed by atoms with E-state index in [9.17, 15) is 4.79 Å². The van der Waals surface area contributed by atoms with Crippen LogP contribution in [-0.4, -0.2) is 32.1 Å². The van der Waals surface area contributed by atoms with Gasteiger partial charge in [0.2, 0.25) is 0 Å². The zero-order valence-corrected chi connectivity index (χ0v) is 13.4. The minimum Gasteiger partial charge on any atom is -0.479 e. The lowest BCUT2D eigenvalue weighted by atomic mass is 10.2. The highest BCUT2D eigenvalue weighted by Crippen LogP contribution is 2.24. The Bertz CT molecular complexity index is 403. The SMILES string of the molecule is CCC(Oc1ccccc1Cl)C(=O)NCCCNC.Cl. The average Bonchev–Trinajstić information content (AvgIpc) is 2.42. The predicted octanol–water partition coefficient (Wildman–Crippen LogP) is 2.64. The fourth-order valence-corrected chi connectivity index (χ4v) is 1.79. The van der Waals surface area contributed by atoms with E-state index in [0.717, 1.165) is 13.0 Å². The van der Waals surface area contributed by atoms with Crippen LogP contribution in [0.1, 0.15) is 19.8 Å². The summed E-state index contributed by atoms with van der Waals surface area (Å²) in [7, 11) is 1.89. The number of ether oxygens (including phenoxy) is 1. The largest absolute Gasteiger partial charge is 0.479 e. The van der Waals surface area contributed by atoms with Crippen LogP contribution in [0.3, 0.4) is 0 Å². The van der Waals surface area contributed by atoms with Crippen LogP contribution in [0.2, 0.25) is 5.02 Å². The Balaban J connectivity index is 0.00000361. The second kappa shape index (κ2) is 10.8. The van der Waals surface area contributed by atoms with Crippen LogP contribution in [-0.2, 0) is 4.79 Å². The molecule has 6 heteroatoms. The summed E-state index contributed by atoms with van der Waals surface area (Å²) < 4.78 is 5.65. The number of benzene rings is 1. The molecule has 1 aromatic rings. The molecule has 0 saturated heterocycles. The number of carbonyl (C=O) groups is 1. The van der Waals surface area contributed by atoms with Gasteiger partial charge in [-0.3, -0.25) is 4.79 Å². The molecule has 114 valence electrons. The number of hydrogen-bond donors (Lipinski definition) is 2. The zero-order chi connectivity index (χ0) is 14.1. The molecule has 0 aromatic heterocycles. The minimum atomic E-state index is -0.505. The molecular weight excluding hydrogens is 299 g/mol. The van der Waals surface area contributed by atoms with E-state index in [1.165, 1.54) is 0 Å². The summed E-state index contributed by atoms with van der Waals surface area (Å²) >= 11 is 6.01. The highest BCUT2D eigenvalue weighted by molar-refractivity contribution is 6.32. The smallest absolute Gasteiger partial charge is 0.261 e. The third-order valence-electron chi connectivity index (χ3n) is 2.67. The maximum absolute atomic E-state index is 12.0. The molecule has 0 aliphatic heterocycles. The van der Waals surface area contributed by atoms with Crippen molar-refractivity contribution < 1.29 is 9.53 Å². The van der Waals surface area contributed by atoms with Crippen molar-refractivity contribution in [2.75, 3.05) is 20.1 Å². The molecule has 0 radical (unpaired) electrons. The number of para-hydroxylation sites is 1. The number of amides is 1. The van der Waals surface area contributed by atoms with Gasteiger partial charge in [-0.25, -0.2) is 0 Å². The van der Waals surface area contributed by atoms with Gasteiger partial charge < -0.3 is 15.4 Å². The molecule has 0 fully saturated rings. The van der Waals surface area contributed by atoms with Crippen LogP contribution in [0.15, 0.2) is 24.3 Å². The highest BCUT2D eigenvalue weighted by Gasteiger charge is 2.18. The molecular formula is C14H22Cl2N2O2. The molecule has 0 saturated carbocycles. The van der Waals surface area contributed by atoms with Crippen molar-refractivity contribution in [1.29, 1.82) is 0 Å². The van der Waals surface area contributed by atoms with Crippen molar-refractivity contribution in [3.8, 4) is 5.75 Å². The van der Waals surface area contributed by atoms with Gasteiger partial charge in [-0.05, 0) is 38.6 Å². The van der Waals surface area contributed by atoms with E-state index >= 15 is 0 Å². The van der Waals surface area contributed by atoms with Crippen molar-refractivity contribution in [3.63, 3.8) is 0 Å². The highest BCUT2D eigenvalue weighted by atomic mass is 35.5. The van der Waals surface area contributed by atoms with Gasteiger partial charge >= 0.3 is 0 Å². The van der Waals surface area contributed by atoms with Gasteiger partial charge in [0.25, 0.3) is 5.91 Å². The van der Waals surface area contributed by atoms with Crippen LogP contribution >= 0.6 is 24.0 Å². The third-order valence-corrected chi connectivity index (χ3v) is 2.98. The van der Waals surface area contributed by atoms with E-state index in [1.807, 2.05) is 26.1 Å². The van der Waals surface area contributed by atoms with Crippen LogP contribution in [0.25, 0.3) is 0 Å². The van der Waals surface area contributed by atoms with Gasteiger partial charge in [0.05, 0.1) is 5.02 Å². The summed E-state index contributed by atoms with van der Waals surface area (Å²) in [5.74, 6) is 0.444. The lowest BCUT2D eigenvalue weighted by Gasteiger charge is -2.18. The number of nitrogens with one attached hydrogen (secondary N) is 2. The van der Waals surface area contributed by atoms with Gasteiger partial charge in [-0.2, -0.15) is 0 Å². The van der Waals surface area contributed by atoms with Gasteiger partial charge in [-0.1, -0.05) is 30.7 Å². The Hall–Kier alpha value is -0.970. The summed E-state index contributed by atoms with van der Waals surface area (Å²) in [4.78, 5) is 12.0. The molecule has 20 heavy (non-hydrogen) atoms. The van der Waals surface area contributed by atoms with Crippen LogP contribution in [0.5, 0.6) is 5.75 Å². The maximum atomic E-state index is 12.0. The average molecular weight is 321 g/mol. The number of hydrogen-bond acceptors (Lipinski definition) is 3. The molecule has 0 aliphatic rings. The lowest BCUT2D eigenvalue weighted by Crippen LogP contribution is -2.39. The Kier molecular flexibility index (Phi) is 10.3. The second-order valence-corrected chi connectivity index (χ2v) is 4.60. The molecule has 1 aromatic carbocycles. The molecule has 1 unspecified atom stereocenters. The minimum absolute atomic E-state index is 0. The first kappa shape index (κ1) is 19.0. The number of carbonyl (C=O) groups excluding carboxylic acids is 1. The van der Waals surface area contributed by atoms with E-state index in [-0.39, 0.29) is 18.3 Å². The first-order valence-electron chi connectivity index (χ1n) is 6.52. The van der Waals surface area contributed by atoms with E-state index in [2.05, 4.69) is 10.6 Å². The van der Waals surface area contributed by atoms with Gasteiger partial charge in [0.15, 0.2) is 6.10 Å². The fourth-order valence-electron chi connectivity index (χ4n) is 1.61. The fraction of sp³-hybridized carbons (Fsp3) is 0.500. The van der Waals surface area contributed by atoms with Crippen molar-refractivity contribution in [2.45, 2.75) is 25.9 Å². The number of rotatable bonds is 8. The molecule has 2 N–H and O–H groups in total. The van der Waals surface area contributed by atoms with Crippen LogP contribution in [0, 0.1) is 0 Å². The van der Waals surface area contributed by atoms with Gasteiger partial charge in [0.1, 0.15) is 5.75 Å². The van der Waals surface area contributed by atoms with Crippen LogP contribution in [0.4, 0.5) is 0 Å². The molecule has 0 spiro atoms. The molecule has 4 nitrogen and oxygen atoms in total. The summed E-state index contributed by atoms with van der Waals surface area (Å²) in [6.45, 7) is 3.43. The first-order valence-corrected chi connectivity index (χ1v) is 6.90. The Morgan fingerprint density at radius 3 is 2.65 bits per heavy atom. The van der Waals surface area contributed by atoms with Crippen molar-refractivity contribution in [1.82, 2.24) is 10.6 Å². The standard InChI is InChI=1S/C14H21ClN2O2.ClH/c1-3-12(14(18)17-10-6-9-16-2)19-13-8-5-4-7-11(13)15;/h4-5,7-8,12,16H,3,6,9-10H2,1-2H3,(H,17,18);1H. The van der Waals surface area contributed by atoms with E-state index < -0.39 is 6.10 Å². The topological polar surface area (TPSA) is 50.4 Å². The summed E-state index contributed by atoms with van der Waals surface area (Å²) in [6, 6.07) is 7.17. The zero-order valence-electron chi connectivity index (χ0n) is 11.8. The molecule has 0 aliphatic carbocycles. The second-order valence-electron chi connectivity index (χ2n) is 4.19. The molecule has 1 atom stereocenters. The quantitative estimate of drug-likeness (QED) is 0.724. The van der Waals surface area contributed by atoms with Gasteiger partial charge in [0, 0.05) is 6.54 Å².